The third-order valence-corrected chi connectivity index (χ3v) is 5.44. The molecule has 0 aromatic carbocycles. The van der Waals surface area contributed by atoms with Crippen LogP contribution in [0.3, 0.4) is 0 Å². The summed E-state index contributed by atoms with van der Waals surface area (Å²) < 4.78 is 2.11. The van der Waals surface area contributed by atoms with Gasteiger partial charge in [0, 0.05) is 48.5 Å². The number of likely N-dealkylation sites (tertiary alicyclic amines) is 1. The van der Waals surface area contributed by atoms with E-state index in [4.69, 9.17) is 0 Å². The monoisotopic (exact) mass is 304 g/mol. The molecule has 2 aromatic heterocycles. The molecule has 1 saturated heterocycles. The lowest BCUT2D eigenvalue weighted by atomic mass is 9.98. The summed E-state index contributed by atoms with van der Waals surface area (Å²) in [5.74, 6) is 0. The molecule has 0 N–H and O–H groups in total. The first-order valence-corrected chi connectivity index (χ1v) is 8.51. The maximum Gasteiger partial charge on any atom is 0.0981 e. The van der Waals surface area contributed by atoms with Crippen molar-refractivity contribution in [1.29, 1.82) is 0 Å². The molecule has 0 radical (unpaired) electrons. The van der Waals surface area contributed by atoms with Crippen molar-refractivity contribution >= 4 is 11.3 Å². The molecule has 0 spiro atoms. The lowest BCUT2D eigenvalue weighted by molar-refractivity contribution is 0.174. The first-order chi connectivity index (χ1) is 10.0. The van der Waals surface area contributed by atoms with E-state index in [1.54, 1.807) is 0 Å². The number of nitrogens with zero attached hydrogens (tertiary/aromatic N) is 4. The van der Waals surface area contributed by atoms with Crippen LogP contribution < -0.4 is 0 Å². The standard InChI is InChI=1S/C16H24N4S/c1-16(2,3)15-17-11-14(21-15)12-19-9-5-13(6-10-19)20-8-4-7-18-20/h4,7-8,11,13H,5-6,9-10,12H2,1-3H3. The van der Waals surface area contributed by atoms with E-state index in [2.05, 4.69) is 52.8 Å². The first-order valence-electron chi connectivity index (χ1n) is 7.69. The molecule has 3 rings (SSSR count). The minimum atomic E-state index is 0.163. The summed E-state index contributed by atoms with van der Waals surface area (Å²) in [4.78, 5) is 8.51. The Labute approximate surface area is 130 Å². The van der Waals surface area contributed by atoms with Crippen LogP contribution in [0, 0.1) is 0 Å². The highest BCUT2D eigenvalue weighted by atomic mass is 32.1. The SMILES string of the molecule is CC(C)(C)c1ncc(CN2CCC(n3cccn3)CC2)s1. The Balaban J connectivity index is 1.55. The van der Waals surface area contributed by atoms with E-state index in [1.165, 1.54) is 22.7 Å². The number of hydrogen-bond acceptors (Lipinski definition) is 4. The molecule has 1 aliphatic heterocycles. The van der Waals surface area contributed by atoms with Crippen molar-refractivity contribution in [3.8, 4) is 0 Å². The zero-order valence-electron chi connectivity index (χ0n) is 13.1. The molecule has 3 heterocycles. The highest BCUT2D eigenvalue weighted by Crippen LogP contribution is 2.29. The van der Waals surface area contributed by atoms with E-state index >= 15 is 0 Å². The number of hydrogen-bond donors (Lipinski definition) is 0. The van der Waals surface area contributed by atoms with Gasteiger partial charge < -0.3 is 0 Å². The molecular formula is C16H24N4S. The van der Waals surface area contributed by atoms with E-state index in [1.807, 2.05) is 23.6 Å². The van der Waals surface area contributed by atoms with Crippen molar-refractivity contribution in [3.63, 3.8) is 0 Å². The summed E-state index contributed by atoms with van der Waals surface area (Å²) in [7, 11) is 0. The van der Waals surface area contributed by atoms with Crippen LogP contribution in [-0.4, -0.2) is 32.8 Å². The van der Waals surface area contributed by atoms with Crippen LogP contribution >= 0.6 is 11.3 Å². The van der Waals surface area contributed by atoms with Crippen molar-refractivity contribution in [2.24, 2.45) is 0 Å². The molecule has 0 bridgehead atoms. The summed E-state index contributed by atoms with van der Waals surface area (Å²) >= 11 is 1.86. The van der Waals surface area contributed by atoms with Gasteiger partial charge in [0.15, 0.2) is 0 Å². The van der Waals surface area contributed by atoms with E-state index in [9.17, 15) is 0 Å². The first kappa shape index (κ1) is 14.7. The van der Waals surface area contributed by atoms with Crippen LogP contribution in [0.4, 0.5) is 0 Å². The van der Waals surface area contributed by atoms with Gasteiger partial charge in [-0.25, -0.2) is 4.98 Å². The van der Waals surface area contributed by atoms with E-state index < -0.39 is 0 Å². The molecule has 0 aliphatic carbocycles. The minimum Gasteiger partial charge on any atom is -0.298 e. The Morgan fingerprint density at radius 1 is 1.29 bits per heavy atom. The van der Waals surface area contributed by atoms with Crippen LogP contribution in [0.1, 0.15) is 49.5 Å². The number of thiazole rings is 1. The third-order valence-electron chi connectivity index (χ3n) is 4.03. The molecule has 4 nitrogen and oxygen atoms in total. The molecule has 0 amide bonds. The van der Waals surface area contributed by atoms with Gasteiger partial charge in [0.25, 0.3) is 0 Å². The normalized spacial score (nSPS) is 18.2. The van der Waals surface area contributed by atoms with Gasteiger partial charge >= 0.3 is 0 Å². The summed E-state index contributed by atoms with van der Waals surface area (Å²) in [5.41, 5.74) is 0.163. The number of aromatic nitrogens is 3. The molecule has 0 saturated carbocycles. The molecule has 1 fully saturated rings. The van der Waals surface area contributed by atoms with E-state index in [0.717, 1.165) is 19.6 Å². The second-order valence-corrected chi connectivity index (χ2v) is 7.99. The van der Waals surface area contributed by atoms with Gasteiger partial charge in [-0.05, 0) is 18.9 Å². The highest BCUT2D eigenvalue weighted by Gasteiger charge is 2.22. The van der Waals surface area contributed by atoms with Gasteiger partial charge in [-0.1, -0.05) is 20.8 Å². The second kappa shape index (κ2) is 5.89. The Bertz CT molecular complexity index is 559. The fraction of sp³-hybridized carbons (Fsp3) is 0.625. The Morgan fingerprint density at radius 3 is 2.62 bits per heavy atom. The highest BCUT2D eigenvalue weighted by molar-refractivity contribution is 7.11. The van der Waals surface area contributed by atoms with Crippen LogP contribution in [0.2, 0.25) is 0 Å². The summed E-state index contributed by atoms with van der Waals surface area (Å²) in [6.45, 7) is 10.0. The minimum absolute atomic E-state index is 0.163. The largest absolute Gasteiger partial charge is 0.298 e. The summed E-state index contributed by atoms with van der Waals surface area (Å²) in [5, 5.41) is 5.61. The molecular weight excluding hydrogens is 280 g/mol. The van der Waals surface area contributed by atoms with Crippen LogP contribution in [0.15, 0.2) is 24.7 Å². The molecule has 0 unspecified atom stereocenters. The molecule has 2 aromatic rings. The van der Waals surface area contributed by atoms with Crippen LogP contribution in [0.5, 0.6) is 0 Å². The molecule has 5 heteroatoms. The summed E-state index contributed by atoms with van der Waals surface area (Å²) in [6, 6.07) is 2.58. The lowest BCUT2D eigenvalue weighted by Crippen LogP contribution is -2.34. The van der Waals surface area contributed by atoms with E-state index in [-0.39, 0.29) is 5.41 Å². The Hall–Kier alpha value is -1.20. The van der Waals surface area contributed by atoms with E-state index in [0.29, 0.717) is 6.04 Å². The van der Waals surface area contributed by atoms with Crippen molar-refractivity contribution < 1.29 is 0 Å². The van der Waals surface area contributed by atoms with Crippen molar-refractivity contribution in [3.05, 3.63) is 34.5 Å². The number of piperidine rings is 1. The lowest BCUT2D eigenvalue weighted by Gasteiger charge is -2.31. The third kappa shape index (κ3) is 3.52. The van der Waals surface area contributed by atoms with Gasteiger partial charge in [0.2, 0.25) is 0 Å². The molecule has 21 heavy (non-hydrogen) atoms. The Kier molecular flexibility index (Phi) is 4.13. The van der Waals surface area contributed by atoms with Crippen LogP contribution in [-0.2, 0) is 12.0 Å². The molecule has 1 aliphatic rings. The zero-order chi connectivity index (χ0) is 14.9. The molecule has 114 valence electrons. The van der Waals surface area contributed by atoms with Crippen molar-refractivity contribution in [1.82, 2.24) is 19.7 Å². The topological polar surface area (TPSA) is 34.0 Å². The quantitative estimate of drug-likeness (QED) is 0.870. The van der Waals surface area contributed by atoms with Crippen LogP contribution in [0.25, 0.3) is 0 Å². The predicted octanol–water partition coefficient (Wildman–Crippen LogP) is 3.47. The summed E-state index contributed by atoms with van der Waals surface area (Å²) in [6.07, 6.45) is 8.39. The molecule has 0 atom stereocenters. The fourth-order valence-electron chi connectivity index (χ4n) is 2.79. The van der Waals surface area contributed by atoms with Gasteiger partial charge in [-0.15, -0.1) is 11.3 Å². The Morgan fingerprint density at radius 2 is 2.05 bits per heavy atom. The van der Waals surface area contributed by atoms with Gasteiger partial charge in [0.1, 0.15) is 0 Å². The average Bonchev–Trinajstić information content (AvgIpc) is 3.09. The average molecular weight is 304 g/mol. The maximum absolute atomic E-state index is 4.59. The van der Waals surface area contributed by atoms with Crippen molar-refractivity contribution in [2.75, 3.05) is 13.1 Å². The maximum atomic E-state index is 4.59. The van der Waals surface area contributed by atoms with Crippen molar-refractivity contribution in [2.45, 2.75) is 51.6 Å². The second-order valence-electron chi connectivity index (χ2n) is 6.88. The van der Waals surface area contributed by atoms with Gasteiger partial charge in [-0.3, -0.25) is 9.58 Å². The smallest absolute Gasteiger partial charge is 0.0981 e. The predicted molar refractivity (Wildman–Crippen MR) is 86.6 cm³/mol. The number of rotatable bonds is 3. The zero-order valence-corrected chi connectivity index (χ0v) is 13.9. The van der Waals surface area contributed by atoms with Gasteiger partial charge in [0.05, 0.1) is 11.0 Å². The fourth-order valence-corrected chi connectivity index (χ4v) is 3.80. The van der Waals surface area contributed by atoms with Gasteiger partial charge in [-0.2, -0.15) is 5.10 Å².